The van der Waals surface area contributed by atoms with Gasteiger partial charge in [-0.1, -0.05) is 95.5 Å². The van der Waals surface area contributed by atoms with E-state index >= 15 is 0 Å². The van der Waals surface area contributed by atoms with Crippen molar-refractivity contribution in [1.82, 2.24) is 9.55 Å². The van der Waals surface area contributed by atoms with Gasteiger partial charge in [-0.25, -0.2) is 9.36 Å². The van der Waals surface area contributed by atoms with Gasteiger partial charge in [0, 0.05) is 23.1 Å². The maximum absolute atomic E-state index is 12.3. The molecule has 0 bridgehead atoms. The first kappa shape index (κ1) is 33.3. The molecule has 1 aromatic rings. The minimum Gasteiger partial charge on any atom is -0.352 e. The van der Waals surface area contributed by atoms with Crippen molar-refractivity contribution >= 4 is 7.82 Å². The molecule has 2 heterocycles. The number of aromatic amines is 1. The average molecular weight is 572 g/mol. The molecule has 1 aliphatic heterocycles. The molecule has 0 aliphatic carbocycles. The summed E-state index contributed by atoms with van der Waals surface area (Å²) in [5.74, 6) is 0. The number of hydrogen-bond acceptors (Lipinski definition) is 7. The molecule has 4 unspecified atom stereocenters. The van der Waals surface area contributed by atoms with Crippen molar-refractivity contribution in [2.24, 2.45) is 5.11 Å². The monoisotopic (exact) mass is 571 g/mol. The minimum atomic E-state index is -4.32. The second-order valence-electron chi connectivity index (χ2n) is 10.3. The van der Waals surface area contributed by atoms with Gasteiger partial charge < -0.3 is 9.63 Å². The van der Waals surface area contributed by atoms with E-state index < -0.39 is 37.4 Å². The van der Waals surface area contributed by atoms with Crippen LogP contribution >= 0.6 is 7.82 Å². The molecule has 1 fully saturated rings. The molecule has 222 valence electrons. The van der Waals surface area contributed by atoms with Gasteiger partial charge in [-0.2, -0.15) is 0 Å². The van der Waals surface area contributed by atoms with Crippen LogP contribution in [0, 0.1) is 6.92 Å². The maximum Gasteiger partial charge on any atom is 0.472 e. The van der Waals surface area contributed by atoms with Gasteiger partial charge in [0.15, 0.2) is 0 Å². The zero-order chi connectivity index (χ0) is 28.5. The summed E-state index contributed by atoms with van der Waals surface area (Å²) in [5, 5.41) is 3.67. The number of azide groups is 1. The Morgan fingerprint density at radius 2 is 1.62 bits per heavy atom. The van der Waals surface area contributed by atoms with Gasteiger partial charge in [-0.15, -0.1) is 0 Å². The highest BCUT2D eigenvalue weighted by Crippen LogP contribution is 2.44. The number of aryl methyl sites for hydroxylation is 1. The van der Waals surface area contributed by atoms with Crippen molar-refractivity contribution < 1.29 is 23.2 Å². The molecule has 0 radical (unpaired) electrons. The third-order valence-corrected chi connectivity index (χ3v) is 8.00. The first-order valence-corrected chi connectivity index (χ1v) is 15.9. The van der Waals surface area contributed by atoms with Crippen LogP contribution in [0.15, 0.2) is 20.9 Å². The standard InChI is InChI=1S/C26H46N5O7P/c1-3-4-5-6-7-8-9-10-11-12-13-14-15-16-17-36-39(34,35)37-20-23-22(29-30-27)18-24(38-23)31-19-21(2)25(32)28-26(31)33/h19,22-24H,3-18,20H2,1-2H3,(H,34,35)(H,28,32,33). The number of rotatable bonds is 21. The van der Waals surface area contributed by atoms with E-state index in [2.05, 4.69) is 21.9 Å². The van der Waals surface area contributed by atoms with Crippen LogP contribution < -0.4 is 11.2 Å². The summed E-state index contributed by atoms with van der Waals surface area (Å²) in [5.41, 5.74) is 8.03. The van der Waals surface area contributed by atoms with Crippen LogP contribution in [-0.2, 0) is 18.3 Å². The smallest absolute Gasteiger partial charge is 0.352 e. The van der Waals surface area contributed by atoms with Gasteiger partial charge in [0.05, 0.1) is 25.4 Å². The Morgan fingerprint density at radius 3 is 2.18 bits per heavy atom. The number of nitrogens with one attached hydrogen (secondary N) is 1. The fourth-order valence-electron chi connectivity index (χ4n) is 4.71. The molecular weight excluding hydrogens is 525 g/mol. The van der Waals surface area contributed by atoms with Crippen molar-refractivity contribution in [3.63, 3.8) is 0 Å². The average Bonchev–Trinajstić information content (AvgIpc) is 3.30. The predicted octanol–water partition coefficient (Wildman–Crippen LogP) is 6.43. The number of nitrogens with zero attached hydrogens (tertiary/aromatic N) is 4. The van der Waals surface area contributed by atoms with Gasteiger partial charge in [-0.3, -0.25) is 23.4 Å². The molecule has 0 aromatic carbocycles. The first-order chi connectivity index (χ1) is 18.8. The highest BCUT2D eigenvalue weighted by Gasteiger charge is 2.38. The summed E-state index contributed by atoms with van der Waals surface area (Å²) in [4.78, 5) is 38.8. The molecule has 1 aliphatic rings. The largest absolute Gasteiger partial charge is 0.472 e. The molecule has 4 atom stereocenters. The molecule has 0 spiro atoms. The Bertz CT molecular complexity index is 1060. The molecule has 12 nitrogen and oxygen atoms in total. The van der Waals surface area contributed by atoms with Crippen LogP contribution in [-0.4, -0.2) is 39.8 Å². The Labute approximate surface area is 230 Å². The fourth-order valence-corrected chi connectivity index (χ4v) is 5.47. The van der Waals surface area contributed by atoms with E-state index in [4.69, 9.17) is 19.3 Å². The predicted molar refractivity (Wildman–Crippen MR) is 150 cm³/mol. The lowest BCUT2D eigenvalue weighted by Gasteiger charge is -2.18. The van der Waals surface area contributed by atoms with E-state index in [0.29, 0.717) is 12.0 Å². The second kappa shape index (κ2) is 18.4. The van der Waals surface area contributed by atoms with Crippen LogP contribution in [0.4, 0.5) is 0 Å². The summed E-state index contributed by atoms with van der Waals surface area (Å²) in [6.45, 7) is 3.54. The molecule has 0 saturated carbocycles. The van der Waals surface area contributed by atoms with Gasteiger partial charge in [0.2, 0.25) is 0 Å². The van der Waals surface area contributed by atoms with Crippen molar-refractivity contribution in [3.05, 3.63) is 43.0 Å². The molecule has 2 rings (SSSR count). The fraction of sp³-hybridized carbons (Fsp3) is 0.846. The van der Waals surface area contributed by atoms with E-state index in [9.17, 15) is 19.0 Å². The summed E-state index contributed by atoms with van der Waals surface area (Å²) in [7, 11) is -4.32. The first-order valence-electron chi connectivity index (χ1n) is 14.4. The van der Waals surface area contributed by atoms with Crippen molar-refractivity contribution in [2.45, 2.75) is 129 Å². The van der Waals surface area contributed by atoms with E-state index in [1.807, 2.05) is 0 Å². The normalized spacial score (nSPS) is 20.5. The van der Waals surface area contributed by atoms with E-state index in [0.717, 1.165) is 19.3 Å². The molecule has 13 heteroatoms. The topological polar surface area (TPSA) is 169 Å². The number of H-pyrrole nitrogens is 1. The summed E-state index contributed by atoms with van der Waals surface area (Å²) in [6.07, 6.45) is 16.8. The molecule has 1 aromatic heterocycles. The van der Waals surface area contributed by atoms with Gasteiger partial charge in [0.25, 0.3) is 5.56 Å². The van der Waals surface area contributed by atoms with Crippen LogP contribution in [0.5, 0.6) is 0 Å². The molecule has 0 amide bonds. The highest BCUT2D eigenvalue weighted by atomic mass is 31.2. The molecular formula is C26H46N5O7P. The minimum absolute atomic E-state index is 0.103. The number of aromatic nitrogens is 2. The number of phosphoric ester groups is 1. The third-order valence-electron chi connectivity index (χ3n) is 7.01. The summed E-state index contributed by atoms with van der Waals surface area (Å²) < 4.78 is 29.5. The Kier molecular flexibility index (Phi) is 15.7. The van der Waals surface area contributed by atoms with Crippen molar-refractivity contribution in [1.29, 1.82) is 0 Å². The van der Waals surface area contributed by atoms with Gasteiger partial charge >= 0.3 is 13.5 Å². The Morgan fingerprint density at radius 1 is 1.05 bits per heavy atom. The van der Waals surface area contributed by atoms with Crippen LogP contribution in [0.1, 0.15) is 115 Å². The van der Waals surface area contributed by atoms with Crippen LogP contribution in [0.2, 0.25) is 0 Å². The Balaban J connectivity index is 1.60. The Hall–Kier alpha value is -1.94. The number of hydrogen-bond donors (Lipinski definition) is 2. The molecule has 39 heavy (non-hydrogen) atoms. The quantitative estimate of drug-likeness (QED) is 0.0563. The highest BCUT2D eigenvalue weighted by molar-refractivity contribution is 7.47. The molecule has 1 saturated heterocycles. The van der Waals surface area contributed by atoms with Gasteiger partial charge in [-0.05, 0) is 18.9 Å². The third kappa shape index (κ3) is 12.8. The van der Waals surface area contributed by atoms with E-state index in [1.54, 1.807) is 6.92 Å². The number of unbranched alkanes of at least 4 members (excludes halogenated alkanes) is 13. The lowest BCUT2D eigenvalue weighted by atomic mass is 10.0. The lowest BCUT2D eigenvalue weighted by Crippen LogP contribution is -2.33. The van der Waals surface area contributed by atoms with Crippen molar-refractivity contribution in [3.8, 4) is 0 Å². The van der Waals surface area contributed by atoms with Crippen LogP contribution in [0.3, 0.4) is 0 Å². The number of ether oxygens (including phenoxy) is 1. The van der Waals surface area contributed by atoms with E-state index in [-0.39, 0.29) is 19.6 Å². The second-order valence-corrected chi connectivity index (χ2v) is 11.8. The maximum atomic E-state index is 12.3. The van der Waals surface area contributed by atoms with Crippen LogP contribution in [0.25, 0.3) is 10.4 Å². The summed E-state index contributed by atoms with van der Waals surface area (Å²) >= 11 is 0. The molecule has 2 N–H and O–H groups in total. The zero-order valence-electron chi connectivity index (χ0n) is 23.5. The van der Waals surface area contributed by atoms with Gasteiger partial charge in [0.1, 0.15) is 6.23 Å². The van der Waals surface area contributed by atoms with E-state index in [1.165, 1.54) is 75.0 Å². The zero-order valence-corrected chi connectivity index (χ0v) is 24.4. The lowest BCUT2D eigenvalue weighted by molar-refractivity contribution is -0.0284. The number of phosphoric acid groups is 1. The summed E-state index contributed by atoms with van der Waals surface area (Å²) in [6, 6.07) is -0.732. The van der Waals surface area contributed by atoms with Crippen molar-refractivity contribution in [2.75, 3.05) is 13.2 Å². The SMILES string of the molecule is CCCCCCCCCCCCCCCCOP(=O)(O)OCC1OC(n2cc(C)c(=O)[nH]c2=O)CC1N=[N+]=[N-].